The third-order valence-electron chi connectivity index (χ3n) is 2.93. The molecule has 1 rings (SSSR count). The van der Waals surface area contributed by atoms with Crippen LogP contribution < -0.4 is 0 Å². The van der Waals surface area contributed by atoms with Crippen LogP contribution in [0.15, 0.2) is 0 Å². The van der Waals surface area contributed by atoms with E-state index in [1.54, 1.807) is 0 Å². The average molecular weight is 212 g/mol. The Morgan fingerprint density at radius 2 is 1.60 bits per heavy atom. The van der Waals surface area contributed by atoms with E-state index in [1.807, 2.05) is 34.6 Å². The monoisotopic (exact) mass is 212 g/mol. The second kappa shape index (κ2) is 3.32. The minimum absolute atomic E-state index is 0.0795. The normalized spacial score (nSPS) is 28.4. The molecule has 3 nitrogen and oxygen atoms in total. The molecule has 1 aliphatic carbocycles. The number of hydrogen-bond donors (Lipinski definition) is 0. The zero-order valence-electron chi connectivity index (χ0n) is 10.4. The molecule has 2 unspecified atom stereocenters. The largest absolute Gasteiger partial charge is 0.460 e. The van der Waals surface area contributed by atoms with Gasteiger partial charge in [0.05, 0.1) is 5.92 Å². The van der Waals surface area contributed by atoms with E-state index in [1.165, 1.54) is 6.92 Å². The number of ketones is 1. The van der Waals surface area contributed by atoms with Gasteiger partial charge in [0.1, 0.15) is 11.4 Å². The van der Waals surface area contributed by atoms with Crippen molar-refractivity contribution in [1.82, 2.24) is 0 Å². The molecule has 2 atom stereocenters. The minimum atomic E-state index is -0.475. The lowest BCUT2D eigenvalue weighted by molar-refractivity contribution is -0.158. The van der Waals surface area contributed by atoms with E-state index in [4.69, 9.17) is 4.74 Å². The van der Waals surface area contributed by atoms with Crippen LogP contribution in [0.2, 0.25) is 0 Å². The second-order valence-electron chi connectivity index (χ2n) is 5.92. The van der Waals surface area contributed by atoms with Gasteiger partial charge in [-0.1, -0.05) is 13.8 Å². The quantitative estimate of drug-likeness (QED) is 0.659. The smallest absolute Gasteiger partial charge is 0.310 e. The summed E-state index contributed by atoms with van der Waals surface area (Å²) in [5.41, 5.74) is -0.703. The first-order chi connectivity index (χ1) is 6.57. The van der Waals surface area contributed by atoms with Crippen molar-refractivity contribution in [3.05, 3.63) is 0 Å². The Labute approximate surface area is 91.2 Å². The summed E-state index contributed by atoms with van der Waals surface area (Å²) in [6, 6.07) is 0. The predicted octanol–water partition coefficient (Wildman–Crippen LogP) is 2.19. The van der Waals surface area contributed by atoms with E-state index in [0.29, 0.717) is 0 Å². The van der Waals surface area contributed by atoms with Crippen molar-refractivity contribution >= 4 is 11.8 Å². The molecule has 0 heterocycles. The number of ether oxygens (including phenoxy) is 1. The van der Waals surface area contributed by atoms with Crippen LogP contribution in [0, 0.1) is 17.3 Å². The molecule has 15 heavy (non-hydrogen) atoms. The highest BCUT2D eigenvalue weighted by molar-refractivity contribution is 5.92. The Morgan fingerprint density at radius 1 is 1.13 bits per heavy atom. The van der Waals surface area contributed by atoms with Crippen LogP contribution in [0.5, 0.6) is 0 Å². The van der Waals surface area contributed by atoms with Crippen LogP contribution in [-0.4, -0.2) is 17.4 Å². The summed E-state index contributed by atoms with van der Waals surface area (Å²) in [5.74, 6) is -0.579. The van der Waals surface area contributed by atoms with Gasteiger partial charge in [0, 0.05) is 5.92 Å². The maximum absolute atomic E-state index is 11.8. The first-order valence-corrected chi connectivity index (χ1v) is 5.30. The maximum atomic E-state index is 11.8. The summed E-state index contributed by atoms with van der Waals surface area (Å²) in [5, 5.41) is 0. The highest BCUT2D eigenvalue weighted by atomic mass is 16.6. The fourth-order valence-electron chi connectivity index (χ4n) is 2.20. The summed E-state index contributed by atoms with van der Waals surface area (Å²) in [6.45, 7) is 10.9. The molecule has 0 aromatic rings. The van der Waals surface area contributed by atoms with Gasteiger partial charge < -0.3 is 4.74 Å². The van der Waals surface area contributed by atoms with Crippen molar-refractivity contribution in [3.8, 4) is 0 Å². The molecule has 86 valence electrons. The van der Waals surface area contributed by atoms with Crippen molar-refractivity contribution in [2.45, 2.75) is 47.1 Å². The van der Waals surface area contributed by atoms with Gasteiger partial charge in [0.15, 0.2) is 0 Å². The van der Waals surface area contributed by atoms with Crippen LogP contribution in [0.1, 0.15) is 41.5 Å². The number of carbonyl (C=O) groups excluding carboxylic acids is 2. The van der Waals surface area contributed by atoms with Crippen molar-refractivity contribution in [3.63, 3.8) is 0 Å². The molecule has 1 fully saturated rings. The van der Waals surface area contributed by atoms with Crippen molar-refractivity contribution in [1.29, 1.82) is 0 Å². The van der Waals surface area contributed by atoms with Crippen LogP contribution in [0.4, 0.5) is 0 Å². The first kappa shape index (κ1) is 12.2. The molecule has 0 bridgehead atoms. The summed E-state index contributed by atoms with van der Waals surface area (Å²) in [6.07, 6.45) is 0. The fourth-order valence-corrected chi connectivity index (χ4v) is 2.20. The lowest BCUT2D eigenvalue weighted by Gasteiger charge is -2.19. The lowest BCUT2D eigenvalue weighted by Crippen LogP contribution is -2.26. The van der Waals surface area contributed by atoms with Crippen LogP contribution in [0.25, 0.3) is 0 Å². The van der Waals surface area contributed by atoms with Gasteiger partial charge in [-0.2, -0.15) is 0 Å². The van der Waals surface area contributed by atoms with Gasteiger partial charge in [0.2, 0.25) is 0 Å². The SMILES string of the molecule is CC(=O)C1C(C(=O)OC(C)(C)C)C1(C)C. The van der Waals surface area contributed by atoms with E-state index < -0.39 is 5.60 Å². The Balaban J connectivity index is 2.69. The molecule has 1 saturated carbocycles. The maximum Gasteiger partial charge on any atom is 0.310 e. The average Bonchev–Trinajstić information content (AvgIpc) is 2.49. The van der Waals surface area contributed by atoms with E-state index >= 15 is 0 Å². The molecule has 0 spiro atoms. The number of hydrogen-bond acceptors (Lipinski definition) is 3. The van der Waals surface area contributed by atoms with Gasteiger partial charge in [-0.15, -0.1) is 0 Å². The Bertz CT molecular complexity index is 296. The summed E-state index contributed by atoms with van der Waals surface area (Å²) in [7, 11) is 0. The Kier molecular flexibility index (Phi) is 2.71. The predicted molar refractivity (Wildman–Crippen MR) is 57.3 cm³/mol. The molecule has 0 aliphatic heterocycles. The molecule has 1 aliphatic rings. The summed E-state index contributed by atoms with van der Waals surface area (Å²) in [4.78, 5) is 23.1. The number of rotatable bonds is 2. The summed E-state index contributed by atoms with van der Waals surface area (Å²) >= 11 is 0. The highest BCUT2D eigenvalue weighted by Gasteiger charge is 2.65. The van der Waals surface area contributed by atoms with Gasteiger partial charge in [-0.25, -0.2) is 0 Å². The molecule has 0 saturated heterocycles. The van der Waals surface area contributed by atoms with Gasteiger partial charge in [-0.05, 0) is 33.1 Å². The zero-order chi connectivity index (χ0) is 12.0. The van der Waals surface area contributed by atoms with Crippen LogP contribution in [-0.2, 0) is 14.3 Å². The van der Waals surface area contributed by atoms with Gasteiger partial charge in [0.25, 0.3) is 0 Å². The second-order valence-corrected chi connectivity index (χ2v) is 5.92. The molecule has 0 amide bonds. The molecule has 0 radical (unpaired) electrons. The van der Waals surface area contributed by atoms with E-state index in [0.717, 1.165) is 0 Å². The van der Waals surface area contributed by atoms with E-state index in [2.05, 4.69) is 0 Å². The topological polar surface area (TPSA) is 43.4 Å². The first-order valence-electron chi connectivity index (χ1n) is 5.30. The zero-order valence-corrected chi connectivity index (χ0v) is 10.4. The van der Waals surface area contributed by atoms with Crippen molar-refractivity contribution in [2.75, 3.05) is 0 Å². The molecule has 0 N–H and O–H groups in total. The third-order valence-corrected chi connectivity index (χ3v) is 2.93. The fraction of sp³-hybridized carbons (Fsp3) is 0.833. The van der Waals surface area contributed by atoms with Crippen LogP contribution in [0.3, 0.4) is 0 Å². The summed E-state index contributed by atoms with van der Waals surface area (Å²) < 4.78 is 5.29. The lowest BCUT2D eigenvalue weighted by atomic mass is 10.1. The molecule has 0 aromatic heterocycles. The van der Waals surface area contributed by atoms with E-state index in [-0.39, 0.29) is 29.0 Å². The third kappa shape index (κ3) is 2.39. The van der Waals surface area contributed by atoms with Crippen molar-refractivity contribution < 1.29 is 14.3 Å². The van der Waals surface area contributed by atoms with Gasteiger partial charge in [-0.3, -0.25) is 9.59 Å². The van der Waals surface area contributed by atoms with Crippen LogP contribution >= 0.6 is 0 Å². The number of esters is 1. The number of Topliss-reactive ketones (excluding diaryl/α,β-unsaturated/α-hetero) is 1. The molecule has 3 heteroatoms. The Hall–Kier alpha value is -0.860. The Morgan fingerprint density at radius 3 is 1.87 bits per heavy atom. The minimum Gasteiger partial charge on any atom is -0.460 e. The highest BCUT2D eigenvalue weighted by Crippen LogP contribution is 2.59. The molecule has 0 aromatic carbocycles. The number of carbonyl (C=O) groups is 2. The van der Waals surface area contributed by atoms with E-state index in [9.17, 15) is 9.59 Å². The van der Waals surface area contributed by atoms with Crippen molar-refractivity contribution in [2.24, 2.45) is 17.3 Å². The van der Waals surface area contributed by atoms with Gasteiger partial charge >= 0.3 is 5.97 Å². The molecular weight excluding hydrogens is 192 g/mol. The standard InChI is InChI=1S/C12H20O3/c1-7(13)8-9(12(8,5)6)10(14)15-11(2,3)4/h8-9H,1-6H3. The molecular formula is C12H20O3.